The Morgan fingerprint density at radius 3 is 2.70 bits per heavy atom. The molecule has 1 N–H and O–H groups in total. The number of aliphatic hydroxyl groups is 1. The van der Waals surface area contributed by atoms with Crippen LogP contribution in [-0.4, -0.2) is 46.1 Å². The summed E-state index contributed by atoms with van der Waals surface area (Å²) in [5, 5.41) is 19.6. The lowest BCUT2D eigenvalue weighted by molar-refractivity contribution is 0.183. The molecular formula is C14H15ClN4O3S. The molecule has 0 saturated carbocycles. The van der Waals surface area contributed by atoms with Gasteiger partial charge in [0, 0.05) is 12.1 Å². The van der Waals surface area contributed by atoms with Gasteiger partial charge in [-0.15, -0.1) is 10.2 Å². The van der Waals surface area contributed by atoms with E-state index in [0.29, 0.717) is 20.9 Å². The average Bonchev–Trinajstić information content (AvgIpc) is 3.07. The van der Waals surface area contributed by atoms with Gasteiger partial charge in [-0.3, -0.25) is 0 Å². The van der Waals surface area contributed by atoms with Crippen molar-refractivity contribution in [1.82, 2.24) is 15.1 Å². The van der Waals surface area contributed by atoms with Crippen LogP contribution in [0.4, 0.5) is 9.93 Å². The highest BCUT2D eigenvalue weighted by Crippen LogP contribution is 2.31. The number of nitrogens with zero attached hydrogens (tertiary/aromatic N) is 4. The zero-order valence-electron chi connectivity index (χ0n) is 12.5. The van der Waals surface area contributed by atoms with E-state index < -0.39 is 6.23 Å². The van der Waals surface area contributed by atoms with Gasteiger partial charge in [-0.1, -0.05) is 22.9 Å². The molecule has 2 unspecified atom stereocenters. The van der Waals surface area contributed by atoms with Crippen LogP contribution >= 0.6 is 22.9 Å². The highest BCUT2D eigenvalue weighted by molar-refractivity contribution is 7.15. The van der Waals surface area contributed by atoms with Gasteiger partial charge in [0.25, 0.3) is 0 Å². The van der Waals surface area contributed by atoms with E-state index >= 15 is 0 Å². The highest BCUT2D eigenvalue weighted by Gasteiger charge is 2.37. The summed E-state index contributed by atoms with van der Waals surface area (Å²) in [5.41, 5.74) is 0. The van der Waals surface area contributed by atoms with Crippen molar-refractivity contribution in [3.63, 3.8) is 0 Å². The standard InChI is InChI=1S/C14H15ClN4O3S/c1-8(22-10-5-3-9(15)4-6-10)12-16-17-13(23-12)19-11(20)7-18(2)14(19)21/h3-6,8,11,20H,7H2,1-2H3. The molecule has 1 aliphatic heterocycles. The number of likely N-dealkylation sites (N-methyl/N-ethyl adjacent to an activating group) is 1. The zero-order chi connectivity index (χ0) is 16.6. The topological polar surface area (TPSA) is 78.8 Å². The van der Waals surface area contributed by atoms with E-state index in [1.807, 2.05) is 6.92 Å². The lowest BCUT2D eigenvalue weighted by Gasteiger charge is -2.14. The minimum absolute atomic E-state index is 0.241. The summed E-state index contributed by atoms with van der Waals surface area (Å²) in [5.74, 6) is 0.663. The van der Waals surface area contributed by atoms with Gasteiger partial charge in [-0.25, -0.2) is 9.69 Å². The predicted octanol–water partition coefficient (Wildman–Crippen LogP) is 2.52. The number of halogens is 1. The van der Waals surface area contributed by atoms with Crippen molar-refractivity contribution >= 4 is 34.1 Å². The number of hydrogen-bond acceptors (Lipinski definition) is 6. The molecule has 0 radical (unpaired) electrons. The number of rotatable bonds is 4. The van der Waals surface area contributed by atoms with E-state index in [4.69, 9.17) is 16.3 Å². The molecule has 2 aromatic rings. The number of ether oxygens (including phenoxy) is 1. The fourth-order valence-corrected chi connectivity index (χ4v) is 3.17. The second kappa shape index (κ2) is 6.31. The van der Waals surface area contributed by atoms with Crippen LogP contribution in [0.2, 0.25) is 5.02 Å². The van der Waals surface area contributed by atoms with Crippen LogP contribution < -0.4 is 9.64 Å². The summed E-state index contributed by atoms with van der Waals surface area (Å²) < 4.78 is 5.78. The maximum Gasteiger partial charge on any atom is 0.328 e. The molecule has 1 aromatic carbocycles. The highest BCUT2D eigenvalue weighted by atomic mass is 35.5. The monoisotopic (exact) mass is 354 g/mol. The van der Waals surface area contributed by atoms with Gasteiger partial charge in [-0.05, 0) is 31.2 Å². The average molecular weight is 355 g/mol. The van der Waals surface area contributed by atoms with Crippen molar-refractivity contribution in [3.8, 4) is 5.75 Å². The molecule has 1 aliphatic rings. The fourth-order valence-electron chi connectivity index (χ4n) is 2.18. The number of aromatic nitrogens is 2. The molecule has 0 spiro atoms. The molecule has 9 heteroatoms. The van der Waals surface area contributed by atoms with Crippen molar-refractivity contribution in [2.24, 2.45) is 0 Å². The van der Waals surface area contributed by atoms with E-state index in [0.717, 1.165) is 0 Å². The normalized spacial score (nSPS) is 19.3. The third-order valence-corrected chi connectivity index (χ3v) is 4.71. The maximum absolute atomic E-state index is 12.0. The van der Waals surface area contributed by atoms with E-state index in [2.05, 4.69) is 10.2 Å². The van der Waals surface area contributed by atoms with Crippen molar-refractivity contribution < 1.29 is 14.6 Å². The third-order valence-electron chi connectivity index (χ3n) is 3.38. The molecule has 1 fully saturated rings. The number of β-amino-alcohol motifs (C(OH)–C–C–N with tert-alkyl or cyclic N) is 1. The van der Waals surface area contributed by atoms with Crippen LogP contribution in [0.5, 0.6) is 5.75 Å². The predicted molar refractivity (Wildman–Crippen MR) is 86.9 cm³/mol. The molecule has 23 heavy (non-hydrogen) atoms. The number of urea groups is 1. The molecule has 0 bridgehead atoms. The summed E-state index contributed by atoms with van der Waals surface area (Å²) in [6.45, 7) is 2.08. The Kier molecular flexibility index (Phi) is 4.38. The summed E-state index contributed by atoms with van der Waals surface area (Å²) in [6.07, 6.45) is -1.25. The Morgan fingerprint density at radius 2 is 2.09 bits per heavy atom. The summed E-state index contributed by atoms with van der Waals surface area (Å²) in [4.78, 5) is 14.7. The van der Waals surface area contributed by atoms with Gasteiger partial charge in [0.05, 0.1) is 6.54 Å². The molecule has 2 amide bonds. The Labute approximate surface area is 142 Å². The van der Waals surface area contributed by atoms with Gasteiger partial charge in [0.1, 0.15) is 11.9 Å². The number of carbonyl (C=O) groups is 1. The van der Waals surface area contributed by atoms with Crippen LogP contribution in [-0.2, 0) is 0 Å². The van der Waals surface area contributed by atoms with Crippen molar-refractivity contribution in [3.05, 3.63) is 34.3 Å². The minimum Gasteiger partial charge on any atom is -0.483 e. The smallest absolute Gasteiger partial charge is 0.328 e. The van der Waals surface area contributed by atoms with Gasteiger partial charge in [0.15, 0.2) is 11.2 Å². The summed E-state index contributed by atoms with van der Waals surface area (Å²) in [7, 11) is 1.62. The Balaban J connectivity index is 1.73. The van der Waals surface area contributed by atoms with E-state index in [-0.39, 0.29) is 18.7 Å². The van der Waals surface area contributed by atoms with Crippen molar-refractivity contribution in [2.45, 2.75) is 19.3 Å². The minimum atomic E-state index is -0.916. The van der Waals surface area contributed by atoms with Gasteiger partial charge in [0.2, 0.25) is 5.13 Å². The van der Waals surface area contributed by atoms with E-state index in [9.17, 15) is 9.90 Å². The number of amides is 2. The molecule has 122 valence electrons. The Morgan fingerprint density at radius 1 is 1.39 bits per heavy atom. The quantitative estimate of drug-likeness (QED) is 0.912. The molecule has 3 rings (SSSR count). The SMILES string of the molecule is CC(Oc1ccc(Cl)cc1)c1nnc(N2C(=O)N(C)CC2O)s1. The van der Waals surface area contributed by atoms with E-state index in [1.54, 1.807) is 31.3 Å². The first-order valence-electron chi connectivity index (χ1n) is 6.93. The first kappa shape index (κ1) is 16.0. The fraction of sp³-hybridized carbons (Fsp3) is 0.357. The third kappa shape index (κ3) is 3.24. The summed E-state index contributed by atoms with van der Waals surface area (Å²) >= 11 is 7.05. The molecule has 7 nitrogen and oxygen atoms in total. The molecule has 1 saturated heterocycles. The first-order valence-corrected chi connectivity index (χ1v) is 8.13. The van der Waals surface area contributed by atoms with Gasteiger partial charge in [-0.2, -0.15) is 0 Å². The largest absolute Gasteiger partial charge is 0.483 e. The van der Waals surface area contributed by atoms with Crippen LogP contribution in [0.3, 0.4) is 0 Å². The number of anilines is 1. The number of aliphatic hydroxyl groups excluding tert-OH is 1. The number of hydrogen-bond donors (Lipinski definition) is 1. The molecular weight excluding hydrogens is 340 g/mol. The zero-order valence-corrected chi connectivity index (χ0v) is 14.1. The van der Waals surface area contributed by atoms with Gasteiger partial charge >= 0.3 is 6.03 Å². The molecule has 2 heterocycles. The van der Waals surface area contributed by atoms with E-state index in [1.165, 1.54) is 21.1 Å². The molecule has 0 aliphatic carbocycles. The second-order valence-electron chi connectivity index (χ2n) is 5.15. The van der Waals surface area contributed by atoms with Crippen LogP contribution in [0.25, 0.3) is 0 Å². The number of benzene rings is 1. The van der Waals surface area contributed by atoms with Crippen LogP contribution in [0.15, 0.2) is 24.3 Å². The van der Waals surface area contributed by atoms with Crippen molar-refractivity contribution in [2.75, 3.05) is 18.5 Å². The second-order valence-corrected chi connectivity index (χ2v) is 6.57. The lowest BCUT2D eigenvalue weighted by Crippen LogP contribution is -2.34. The molecule has 1 aromatic heterocycles. The number of carbonyl (C=O) groups excluding carboxylic acids is 1. The maximum atomic E-state index is 12.0. The Bertz CT molecular complexity index is 708. The van der Waals surface area contributed by atoms with Crippen LogP contribution in [0.1, 0.15) is 18.0 Å². The lowest BCUT2D eigenvalue weighted by atomic mass is 10.3. The summed E-state index contributed by atoms with van der Waals surface area (Å²) in [6, 6.07) is 6.72. The first-order chi connectivity index (χ1) is 11.0. The van der Waals surface area contributed by atoms with Gasteiger partial charge < -0.3 is 14.7 Å². The Hall–Kier alpha value is -1.90. The van der Waals surface area contributed by atoms with Crippen LogP contribution in [0, 0.1) is 0 Å². The molecule has 2 atom stereocenters. The van der Waals surface area contributed by atoms with Crippen molar-refractivity contribution in [1.29, 1.82) is 0 Å².